The van der Waals surface area contributed by atoms with Gasteiger partial charge in [-0.05, 0) is 30.0 Å². The summed E-state index contributed by atoms with van der Waals surface area (Å²) in [6, 6.07) is 3.29. The molecule has 112 valence electrons. The highest BCUT2D eigenvalue weighted by atomic mass is 19.4. The summed E-state index contributed by atoms with van der Waals surface area (Å²) in [6.07, 6.45) is -4.25. The molecule has 0 spiro atoms. The Bertz CT molecular complexity index is 605. The molecule has 0 radical (unpaired) electrons. The average molecular weight is 298 g/mol. The number of fused-ring (bicyclic) bond motifs is 1. The molecule has 0 saturated heterocycles. The standard InChI is InChI=1S/C14H13F3N2O2/c1-21-12(20)6-8-4-9-2-3-11(14(15,16)17)19-13(9)10(5-8)7-18/h4-5,11,19H,2-3,6H2,1H3. The monoisotopic (exact) mass is 298 g/mol. The average Bonchev–Trinajstić information content (AvgIpc) is 2.44. The van der Waals surface area contributed by atoms with Gasteiger partial charge in [-0.3, -0.25) is 4.79 Å². The molecule has 1 aromatic carbocycles. The molecule has 1 aromatic rings. The van der Waals surface area contributed by atoms with Crippen LogP contribution in [0.15, 0.2) is 12.1 Å². The zero-order chi connectivity index (χ0) is 15.6. The van der Waals surface area contributed by atoms with Crippen molar-refractivity contribution in [1.82, 2.24) is 0 Å². The minimum atomic E-state index is -4.35. The van der Waals surface area contributed by atoms with E-state index in [1.807, 2.05) is 6.07 Å². The number of alkyl halides is 3. The van der Waals surface area contributed by atoms with Crippen LogP contribution >= 0.6 is 0 Å². The summed E-state index contributed by atoms with van der Waals surface area (Å²) < 4.78 is 42.8. The molecule has 1 atom stereocenters. The van der Waals surface area contributed by atoms with Gasteiger partial charge in [0, 0.05) is 0 Å². The van der Waals surface area contributed by atoms with Gasteiger partial charge in [0.05, 0.1) is 24.8 Å². The second-order valence-corrected chi connectivity index (χ2v) is 4.82. The van der Waals surface area contributed by atoms with Gasteiger partial charge in [-0.25, -0.2) is 0 Å². The Morgan fingerprint density at radius 2 is 2.24 bits per heavy atom. The Kier molecular flexibility index (Phi) is 4.07. The van der Waals surface area contributed by atoms with E-state index in [1.54, 1.807) is 6.07 Å². The molecular formula is C14H13F3N2O2. The number of benzene rings is 1. The normalized spacial score (nSPS) is 17.4. The minimum absolute atomic E-state index is 0.0127. The van der Waals surface area contributed by atoms with E-state index in [0.717, 1.165) is 0 Å². The van der Waals surface area contributed by atoms with Crippen molar-refractivity contribution in [3.63, 3.8) is 0 Å². The molecule has 0 aliphatic carbocycles. The molecular weight excluding hydrogens is 285 g/mol. The van der Waals surface area contributed by atoms with Gasteiger partial charge in [-0.2, -0.15) is 18.4 Å². The molecule has 2 rings (SSSR count). The Morgan fingerprint density at radius 1 is 1.52 bits per heavy atom. The fraction of sp³-hybridized carbons (Fsp3) is 0.429. The van der Waals surface area contributed by atoms with Crippen molar-refractivity contribution in [2.24, 2.45) is 0 Å². The topological polar surface area (TPSA) is 62.1 Å². The molecule has 0 aromatic heterocycles. The van der Waals surface area contributed by atoms with Crippen LogP contribution in [0.1, 0.15) is 23.1 Å². The molecule has 0 bridgehead atoms. The summed E-state index contributed by atoms with van der Waals surface area (Å²) in [5.41, 5.74) is 1.50. The first kappa shape index (κ1) is 15.2. The fourth-order valence-corrected chi connectivity index (χ4v) is 2.36. The van der Waals surface area contributed by atoms with E-state index in [9.17, 15) is 18.0 Å². The number of halogens is 3. The van der Waals surface area contributed by atoms with Gasteiger partial charge in [0.1, 0.15) is 12.1 Å². The number of ether oxygens (including phenoxy) is 1. The maximum Gasteiger partial charge on any atom is 0.408 e. The number of carbonyl (C=O) groups is 1. The van der Waals surface area contributed by atoms with E-state index in [0.29, 0.717) is 11.1 Å². The second kappa shape index (κ2) is 5.64. The Balaban J connectivity index is 2.34. The van der Waals surface area contributed by atoms with E-state index < -0.39 is 18.2 Å². The number of hydrogen-bond acceptors (Lipinski definition) is 4. The Morgan fingerprint density at radius 3 is 2.81 bits per heavy atom. The van der Waals surface area contributed by atoms with Gasteiger partial charge in [-0.15, -0.1) is 0 Å². The molecule has 1 unspecified atom stereocenters. The van der Waals surface area contributed by atoms with Crippen LogP contribution in [0.25, 0.3) is 0 Å². The maximum absolute atomic E-state index is 12.8. The number of nitrogens with zero attached hydrogens (tertiary/aromatic N) is 1. The van der Waals surface area contributed by atoms with Crippen LogP contribution in [0.2, 0.25) is 0 Å². The highest BCUT2D eigenvalue weighted by molar-refractivity contribution is 5.74. The predicted octanol–water partition coefficient (Wildman–Crippen LogP) is 2.56. The van der Waals surface area contributed by atoms with Crippen molar-refractivity contribution in [2.75, 3.05) is 12.4 Å². The molecule has 1 heterocycles. The van der Waals surface area contributed by atoms with Crippen LogP contribution < -0.4 is 5.32 Å². The van der Waals surface area contributed by atoms with E-state index in [1.165, 1.54) is 13.2 Å². The van der Waals surface area contributed by atoms with Gasteiger partial charge < -0.3 is 10.1 Å². The van der Waals surface area contributed by atoms with Crippen molar-refractivity contribution >= 4 is 11.7 Å². The molecule has 1 aliphatic rings. The van der Waals surface area contributed by atoms with Crippen molar-refractivity contribution in [3.05, 3.63) is 28.8 Å². The number of nitrogens with one attached hydrogen (secondary N) is 1. The number of methoxy groups -OCH3 is 1. The SMILES string of the molecule is COC(=O)Cc1cc(C#N)c2c(c1)CCC(C(F)(F)F)N2. The molecule has 0 fully saturated rings. The lowest BCUT2D eigenvalue weighted by molar-refractivity contribution is -0.144. The second-order valence-electron chi connectivity index (χ2n) is 4.82. The molecule has 1 N–H and O–H groups in total. The summed E-state index contributed by atoms with van der Waals surface area (Å²) >= 11 is 0. The van der Waals surface area contributed by atoms with E-state index in [-0.39, 0.29) is 30.5 Å². The first-order valence-electron chi connectivity index (χ1n) is 6.31. The van der Waals surface area contributed by atoms with Gasteiger partial charge in [0.25, 0.3) is 0 Å². The van der Waals surface area contributed by atoms with Crippen LogP contribution in [0.5, 0.6) is 0 Å². The zero-order valence-electron chi connectivity index (χ0n) is 11.3. The van der Waals surface area contributed by atoms with Crippen molar-refractivity contribution in [2.45, 2.75) is 31.5 Å². The van der Waals surface area contributed by atoms with E-state index in [4.69, 9.17) is 5.26 Å². The predicted molar refractivity (Wildman–Crippen MR) is 68.7 cm³/mol. The highest BCUT2D eigenvalue weighted by Crippen LogP contribution is 2.35. The largest absolute Gasteiger partial charge is 0.469 e. The summed E-state index contributed by atoms with van der Waals surface area (Å²) in [7, 11) is 1.25. The molecule has 1 aliphatic heterocycles. The van der Waals surface area contributed by atoms with Crippen LogP contribution in [0, 0.1) is 11.3 Å². The molecule has 0 saturated carbocycles. The lowest BCUT2D eigenvalue weighted by Gasteiger charge is -2.29. The molecule has 4 nitrogen and oxygen atoms in total. The lowest BCUT2D eigenvalue weighted by Crippen LogP contribution is -2.39. The number of hydrogen-bond donors (Lipinski definition) is 1. The van der Waals surface area contributed by atoms with Crippen LogP contribution in [0.4, 0.5) is 18.9 Å². The number of nitriles is 1. The third kappa shape index (κ3) is 3.27. The van der Waals surface area contributed by atoms with Crippen molar-refractivity contribution in [1.29, 1.82) is 5.26 Å². The molecule has 0 amide bonds. The van der Waals surface area contributed by atoms with Gasteiger partial charge in [0.15, 0.2) is 0 Å². The maximum atomic E-state index is 12.8. The number of anilines is 1. The smallest absolute Gasteiger partial charge is 0.408 e. The van der Waals surface area contributed by atoms with Crippen LogP contribution in [-0.4, -0.2) is 25.3 Å². The third-order valence-corrected chi connectivity index (χ3v) is 3.39. The number of carbonyl (C=O) groups excluding carboxylic acids is 1. The lowest BCUT2D eigenvalue weighted by atomic mass is 9.92. The quantitative estimate of drug-likeness (QED) is 0.852. The third-order valence-electron chi connectivity index (χ3n) is 3.39. The van der Waals surface area contributed by atoms with Crippen LogP contribution in [-0.2, 0) is 22.4 Å². The number of aryl methyl sites for hydroxylation is 1. The van der Waals surface area contributed by atoms with Gasteiger partial charge in [0.2, 0.25) is 0 Å². The summed E-state index contributed by atoms with van der Waals surface area (Å²) in [5.74, 6) is -0.462. The van der Waals surface area contributed by atoms with Crippen LogP contribution in [0.3, 0.4) is 0 Å². The van der Waals surface area contributed by atoms with Crippen molar-refractivity contribution in [3.8, 4) is 6.07 Å². The summed E-state index contributed by atoms with van der Waals surface area (Å²) in [6.45, 7) is 0. The van der Waals surface area contributed by atoms with Crippen molar-refractivity contribution < 1.29 is 22.7 Å². The van der Waals surface area contributed by atoms with Gasteiger partial charge in [-0.1, -0.05) is 6.07 Å². The van der Waals surface area contributed by atoms with Gasteiger partial charge >= 0.3 is 12.1 Å². The number of rotatable bonds is 2. The first-order valence-corrected chi connectivity index (χ1v) is 6.31. The van der Waals surface area contributed by atoms with E-state index in [2.05, 4.69) is 10.1 Å². The number of esters is 1. The Hall–Kier alpha value is -2.23. The molecule has 7 heteroatoms. The summed E-state index contributed by atoms with van der Waals surface area (Å²) in [5, 5.41) is 11.5. The zero-order valence-corrected chi connectivity index (χ0v) is 11.3. The molecule has 21 heavy (non-hydrogen) atoms. The first-order chi connectivity index (χ1) is 9.85. The fourth-order valence-electron chi connectivity index (χ4n) is 2.36. The summed E-state index contributed by atoms with van der Waals surface area (Å²) in [4.78, 5) is 11.3. The highest BCUT2D eigenvalue weighted by Gasteiger charge is 2.41. The minimum Gasteiger partial charge on any atom is -0.469 e. The Labute approximate surface area is 119 Å². The van der Waals surface area contributed by atoms with E-state index >= 15 is 0 Å².